The molecule has 12 heteroatoms. The molecule has 0 aliphatic rings. The second kappa shape index (κ2) is 6.50. The van der Waals surface area contributed by atoms with E-state index in [4.69, 9.17) is 17.3 Å². The van der Waals surface area contributed by atoms with Crippen LogP contribution in [0.2, 0.25) is 5.02 Å². The molecular weight excluding hydrogens is 417 g/mol. The van der Waals surface area contributed by atoms with Gasteiger partial charge in [0.15, 0.2) is 34.0 Å². The van der Waals surface area contributed by atoms with Crippen LogP contribution in [0, 0.1) is 29.1 Å². The first-order valence-corrected chi connectivity index (χ1v) is 8.75. The maximum Gasteiger partial charge on any atom is 0.289 e. The first kappa shape index (κ1) is 19.1. The number of hydrogen-bond donors (Lipinski definition) is 1. The average Bonchev–Trinajstić information content (AvgIpc) is 3.01. The molecule has 2 aromatic carbocycles. The van der Waals surface area contributed by atoms with Crippen molar-refractivity contribution in [1.29, 1.82) is 0 Å². The molecular formula is C15H7ClF5N3O2S. The monoisotopic (exact) mass is 423 g/mol. The molecule has 0 atom stereocenters. The first-order chi connectivity index (χ1) is 12.6. The standard InChI is InChI=1S/C15H7ClF5N3O2S/c16-7-3-1-6(2-4-7)8-5-24(23-15(8)22)27(25,26)14-12(20)10(18)9(17)11(19)13(14)21/h1-5H,(H2,22,23). The molecule has 3 rings (SSSR count). The van der Waals surface area contributed by atoms with Gasteiger partial charge in [0, 0.05) is 10.6 Å². The normalized spacial score (nSPS) is 11.8. The number of rotatable bonds is 3. The summed E-state index contributed by atoms with van der Waals surface area (Å²) in [5, 5.41) is 3.80. The molecule has 0 bridgehead atoms. The number of nitrogens with zero attached hydrogens (tertiary/aromatic N) is 2. The molecule has 3 aromatic rings. The lowest BCUT2D eigenvalue weighted by Crippen LogP contribution is -2.20. The van der Waals surface area contributed by atoms with E-state index < -0.39 is 44.0 Å². The van der Waals surface area contributed by atoms with E-state index in [1.165, 1.54) is 24.3 Å². The molecule has 5 nitrogen and oxygen atoms in total. The van der Waals surface area contributed by atoms with Crippen LogP contribution in [0.3, 0.4) is 0 Å². The number of hydrogen-bond acceptors (Lipinski definition) is 4. The Morgan fingerprint density at radius 3 is 1.89 bits per heavy atom. The molecule has 0 saturated heterocycles. The third-order valence-electron chi connectivity index (χ3n) is 3.55. The molecule has 0 aliphatic carbocycles. The highest BCUT2D eigenvalue weighted by Gasteiger charge is 2.35. The largest absolute Gasteiger partial charge is 0.382 e. The fourth-order valence-electron chi connectivity index (χ4n) is 2.25. The second-order valence-electron chi connectivity index (χ2n) is 5.21. The van der Waals surface area contributed by atoms with Gasteiger partial charge in [0.2, 0.25) is 5.82 Å². The fraction of sp³-hybridized carbons (Fsp3) is 0. The van der Waals surface area contributed by atoms with E-state index in [0.717, 1.165) is 6.20 Å². The predicted octanol–water partition coefficient (Wildman–Crippen LogP) is 3.72. The molecule has 1 heterocycles. The number of aromatic nitrogens is 2. The Hall–Kier alpha value is -2.66. The molecule has 0 amide bonds. The Labute approximate surface area is 153 Å². The van der Waals surface area contributed by atoms with Crippen LogP contribution in [0.4, 0.5) is 27.8 Å². The average molecular weight is 424 g/mol. The molecule has 27 heavy (non-hydrogen) atoms. The quantitative estimate of drug-likeness (QED) is 0.396. The van der Waals surface area contributed by atoms with Gasteiger partial charge in [-0.1, -0.05) is 23.7 Å². The molecule has 2 N–H and O–H groups in total. The summed E-state index contributed by atoms with van der Waals surface area (Å²) in [6.45, 7) is 0. The van der Waals surface area contributed by atoms with E-state index in [2.05, 4.69) is 5.10 Å². The maximum atomic E-state index is 13.9. The first-order valence-electron chi connectivity index (χ1n) is 6.93. The molecule has 0 spiro atoms. The van der Waals surface area contributed by atoms with Gasteiger partial charge < -0.3 is 5.73 Å². The number of nitrogen functional groups attached to an aromatic ring is 1. The fourth-order valence-corrected chi connectivity index (χ4v) is 3.63. The Morgan fingerprint density at radius 1 is 0.889 bits per heavy atom. The van der Waals surface area contributed by atoms with Crippen molar-refractivity contribution in [2.45, 2.75) is 4.90 Å². The zero-order valence-electron chi connectivity index (χ0n) is 12.9. The van der Waals surface area contributed by atoms with Crippen LogP contribution in [0.15, 0.2) is 35.4 Å². The van der Waals surface area contributed by atoms with E-state index in [0.29, 0.717) is 10.6 Å². The van der Waals surface area contributed by atoms with Crippen molar-refractivity contribution in [2.75, 3.05) is 5.73 Å². The van der Waals surface area contributed by atoms with Crippen molar-refractivity contribution in [3.63, 3.8) is 0 Å². The van der Waals surface area contributed by atoms with Crippen molar-refractivity contribution in [2.24, 2.45) is 0 Å². The SMILES string of the molecule is Nc1nn(S(=O)(=O)c2c(F)c(F)c(F)c(F)c2F)cc1-c1ccc(Cl)cc1. The highest BCUT2D eigenvalue weighted by Crippen LogP contribution is 2.31. The van der Waals surface area contributed by atoms with E-state index in [-0.39, 0.29) is 15.5 Å². The van der Waals surface area contributed by atoms with Crippen LogP contribution in [0.1, 0.15) is 0 Å². The van der Waals surface area contributed by atoms with Crippen LogP contribution in [0.25, 0.3) is 11.1 Å². The molecule has 0 aliphatic heterocycles. The molecule has 1 aromatic heterocycles. The zero-order chi connectivity index (χ0) is 20.1. The van der Waals surface area contributed by atoms with Crippen LogP contribution < -0.4 is 5.73 Å². The van der Waals surface area contributed by atoms with Gasteiger partial charge in [-0.2, -0.15) is 12.5 Å². The summed E-state index contributed by atoms with van der Waals surface area (Å²) in [6, 6.07) is 5.86. The third kappa shape index (κ3) is 3.02. The summed E-state index contributed by atoms with van der Waals surface area (Å²) in [6.07, 6.45) is 0.784. The van der Waals surface area contributed by atoms with Crippen molar-refractivity contribution in [1.82, 2.24) is 9.19 Å². The highest BCUT2D eigenvalue weighted by atomic mass is 35.5. The number of anilines is 1. The summed E-state index contributed by atoms with van der Waals surface area (Å²) >= 11 is 5.74. The molecule has 142 valence electrons. The minimum absolute atomic E-state index is 0.0323. The van der Waals surface area contributed by atoms with E-state index in [1.807, 2.05) is 0 Å². The van der Waals surface area contributed by atoms with Gasteiger partial charge >= 0.3 is 0 Å². The number of nitrogens with two attached hydrogens (primary N) is 1. The predicted molar refractivity (Wildman–Crippen MR) is 85.9 cm³/mol. The van der Waals surface area contributed by atoms with Gasteiger partial charge in [0.05, 0.1) is 6.20 Å². The van der Waals surface area contributed by atoms with Gasteiger partial charge in [-0.3, -0.25) is 0 Å². The van der Waals surface area contributed by atoms with E-state index in [1.54, 1.807) is 0 Å². The molecule has 0 unspecified atom stereocenters. The minimum Gasteiger partial charge on any atom is -0.382 e. The Morgan fingerprint density at radius 2 is 1.37 bits per heavy atom. The smallest absolute Gasteiger partial charge is 0.289 e. The van der Waals surface area contributed by atoms with Crippen LogP contribution >= 0.6 is 11.6 Å². The molecule has 0 radical (unpaired) electrons. The van der Waals surface area contributed by atoms with Gasteiger partial charge in [-0.25, -0.2) is 22.0 Å². The lowest BCUT2D eigenvalue weighted by atomic mass is 10.1. The van der Waals surface area contributed by atoms with Gasteiger partial charge in [0.1, 0.15) is 0 Å². The zero-order valence-corrected chi connectivity index (χ0v) is 14.4. The van der Waals surface area contributed by atoms with Crippen molar-refractivity contribution in [3.8, 4) is 11.1 Å². The second-order valence-corrected chi connectivity index (χ2v) is 7.38. The number of benzene rings is 2. The van der Waals surface area contributed by atoms with Crippen LogP contribution in [0.5, 0.6) is 0 Å². The van der Waals surface area contributed by atoms with Gasteiger partial charge in [-0.05, 0) is 17.7 Å². The summed E-state index contributed by atoms with van der Waals surface area (Å²) < 4.78 is 92.5. The van der Waals surface area contributed by atoms with Gasteiger partial charge in [0.25, 0.3) is 10.0 Å². The Bertz CT molecular complexity index is 1130. The van der Waals surface area contributed by atoms with Crippen LogP contribution in [-0.2, 0) is 10.0 Å². The number of halogens is 6. The minimum atomic E-state index is -5.28. The Balaban J connectivity index is 2.21. The van der Waals surface area contributed by atoms with Crippen molar-refractivity contribution in [3.05, 3.63) is 64.6 Å². The summed E-state index contributed by atoms with van der Waals surface area (Å²) in [5.74, 6) is -12.6. The highest BCUT2D eigenvalue weighted by molar-refractivity contribution is 7.89. The lowest BCUT2D eigenvalue weighted by molar-refractivity contribution is 0.357. The summed E-state index contributed by atoms with van der Waals surface area (Å²) in [5.41, 5.74) is 6.02. The van der Waals surface area contributed by atoms with E-state index >= 15 is 0 Å². The maximum absolute atomic E-state index is 13.9. The molecule has 0 saturated carbocycles. The molecule has 0 fully saturated rings. The third-order valence-corrected chi connectivity index (χ3v) is 5.36. The summed E-state index contributed by atoms with van der Waals surface area (Å²) in [7, 11) is -5.28. The van der Waals surface area contributed by atoms with E-state index in [9.17, 15) is 30.4 Å². The Kier molecular flexibility index (Phi) is 4.60. The topological polar surface area (TPSA) is 78.0 Å². The lowest BCUT2D eigenvalue weighted by Gasteiger charge is -2.09. The van der Waals surface area contributed by atoms with Crippen LogP contribution in [-0.4, -0.2) is 17.6 Å². The summed E-state index contributed by atoms with van der Waals surface area (Å²) in [4.78, 5) is -2.04. The van der Waals surface area contributed by atoms with Gasteiger partial charge in [-0.15, -0.1) is 5.10 Å². The van der Waals surface area contributed by atoms with Crippen molar-refractivity contribution >= 4 is 27.4 Å². The van der Waals surface area contributed by atoms with Crippen molar-refractivity contribution < 1.29 is 30.4 Å².